The van der Waals surface area contributed by atoms with Crippen molar-refractivity contribution in [2.24, 2.45) is 5.73 Å². The van der Waals surface area contributed by atoms with E-state index in [0.717, 1.165) is 13.0 Å². The van der Waals surface area contributed by atoms with Crippen LogP contribution in [-0.2, 0) is 13.0 Å². The number of thioether (sulfide) groups is 1. The van der Waals surface area contributed by atoms with Crippen molar-refractivity contribution >= 4 is 29.0 Å². The lowest BCUT2D eigenvalue weighted by Gasteiger charge is -2.07. The third kappa shape index (κ3) is 2.26. The molecular formula is C12H12N4S2. The van der Waals surface area contributed by atoms with Gasteiger partial charge in [-0.1, -0.05) is 30.4 Å². The number of rotatable bonds is 3. The van der Waals surface area contributed by atoms with Gasteiger partial charge < -0.3 is 5.73 Å². The van der Waals surface area contributed by atoms with E-state index >= 15 is 0 Å². The molecule has 0 bridgehead atoms. The monoisotopic (exact) mass is 276 g/mol. The quantitative estimate of drug-likeness (QED) is 0.864. The van der Waals surface area contributed by atoms with E-state index in [1.807, 2.05) is 16.4 Å². The molecule has 2 heterocycles. The summed E-state index contributed by atoms with van der Waals surface area (Å²) in [7, 11) is 0. The number of nitrogens with zero attached hydrogens (tertiary/aromatic N) is 3. The number of nitrogens with two attached hydrogens (primary N) is 1. The number of thiocarbonyl (C=S) groups is 1. The summed E-state index contributed by atoms with van der Waals surface area (Å²) < 4.78 is 1.82. The topological polar surface area (TPSA) is 56.7 Å². The van der Waals surface area contributed by atoms with E-state index in [-0.39, 0.29) is 4.99 Å². The van der Waals surface area contributed by atoms with Crippen LogP contribution in [0, 0.1) is 0 Å². The van der Waals surface area contributed by atoms with Gasteiger partial charge in [-0.3, -0.25) is 4.68 Å². The van der Waals surface area contributed by atoms with Gasteiger partial charge in [-0.15, -0.1) is 16.9 Å². The van der Waals surface area contributed by atoms with Gasteiger partial charge in [-0.25, -0.2) is 4.98 Å². The summed E-state index contributed by atoms with van der Waals surface area (Å²) in [4.78, 5) is 5.70. The minimum atomic E-state index is 0.246. The minimum Gasteiger partial charge on any atom is -0.387 e. The molecule has 1 aliphatic heterocycles. The first-order valence-electron chi connectivity index (χ1n) is 5.66. The lowest BCUT2D eigenvalue weighted by molar-refractivity contribution is 0.592. The highest BCUT2D eigenvalue weighted by Crippen LogP contribution is 2.37. The molecule has 1 aromatic heterocycles. The van der Waals surface area contributed by atoms with Gasteiger partial charge in [0.25, 0.3) is 0 Å². The average Bonchev–Trinajstić information content (AvgIpc) is 2.94. The molecule has 92 valence electrons. The summed E-state index contributed by atoms with van der Waals surface area (Å²) >= 11 is 6.75. The maximum absolute atomic E-state index is 5.49. The Labute approximate surface area is 115 Å². The average molecular weight is 276 g/mol. The fourth-order valence-electron chi connectivity index (χ4n) is 2.06. The number of fused-ring (bicyclic) bond motifs is 1. The number of benzene rings is 1. The summed E-state index contributed by atoms with van der Waals surface area (Å²) in [5.74, 6) is 0.450. The van der Waals surface area contributed by atoms with E-state index in [9.17, 15) is 0 Å². The SMILES string of the molecule is NC(=S)c1ncn(CC2Cc3ccccc3S2)n1. The van der Waals surface area contributed by atoms with E-state index in [4.69, 9.17) is 18.0 Å². The highest BCUT2D eigenvalue weighted by molar-refractivity contribution is 8.00. The molecule has 4 nitrogen and oxygen atoms in total. The molecule has 1 aromatic carbocycles. The molecule has 1 atom stereocenters. The molecule has 2 N–H and O–H groups in total. The van der Waals surface area contributed by atoms with Gasteiger partial charge in [-0.05, 0) is 18.1 Å². The second kappa shape index (κ2) is 4.70. The number of hydrogen-bond donors (Lipinski definition) is 1. The Morgan fingerprint density at radius 2 is 2.33 bits per heavy atom. The van der Waals surface area contributed by atoms with E-state index in [2.05, 4.69) is 34.3 Å². The third-order valence-electron chi connectivity index (χ3n) is 2.86. The Morgan fingerprint density at radius 1 is 1.50 bits per heavy atom. The van der Waals surface area contributed by atoms with Crippen molar-refractivity contribution in [1.82, 2.24) is 14.8 Å². The van der Waals surface area contributed by atoms with Crippen LogP contribution < -0.4 is 5.73 Å². The number of hydrogen-bond acceptors (Lipinski definition) is 4. The van der Waals surface area contributed by atoms with Crippen LogP contribution in [0.4, 0.5) is 0 Å². The molecular weight excluding hydrogens is 264 g/mol. The van der Waals surface area contributed by atoms with Crippen LogP contribution in [0.3, 0.4) is 0 Å². The fraction of sp³-hybridized carbons (Fsp3) is 0.250. The van der Waals surface area contributed by atoms with Gasteiger partial charge in [0, 0.05) is 10.1 Å². The Bertz CT molecular complexity index is 568. The summed E-state index contributed by atoms with van der Waals surface area (Å²) in [6.45, 7) is 0.828. The van der Waals surface area contributed by atoms with Gasteiger partial charge in [0.1, 0.15) is 11.3 Å². The molecule has 0 fully saturated rings. The van der Waals surface area contributed by atoms with Crippen LogP contribution in [-0.4, -0.2) is 25.0 Å². The molecule has 6 heteroatoms. The normalized spacial score (nSPS) is 17.7. The zero-order chi connectivity index (χ0) is 12.5. The van der Waals surface area contributed by atoms with E-state index in [1.165, 1.54) is 10.5 Å². The van der Waals surface area contributed by atoms with Crippen molar-refractivity contribution in [3.8, 4) is 0 Å². The Hall–Kier alpha value is -1.40. The van der Waals surface area contributed by atoms with E-state index in [1.54, 1.807) is 6.33 Å². The first-order chi connectivity index (χ1) is 8.72. The zero-order valence-electron chi connectivity index (χ0n) is 9.61. The Kier molecular flexibility index (Phi) is 3.05. The van der Waals surface area contributed by atoms with Crippen LogP contribution >= 0.6 is 24.0 Å². The van der Waals surface area contributed by atoms with Crippen molar-refractivity contribution < 1.29 is 0 Å². The van der Waals surface area contributed by atoms with Crippen molar-refractivity contribution in [3.05, 3.63) is 42.0 Å². The predicted octanol–water partition coefficient (Wildman–Crippen LogP) is 1.63. The molecule has 1 unspecified atom stereocenters. The highest BCUT2D eigenvalue weighted by Gasteiger charge is 2.22. The minimum absolute atomic E-state index is 0.246. The van der Waals surface area contributed by atoms with Gasteiger partial charge >= 0.3 is 0 Å². The number of aromatic nitrogens is 3. The fourth-order valence-corrected chi connectivity index (χ4v) is 3.46. The van der Waals surface area contributed by atoms with Crippen LogP contribution in [0.2, 0.25) is 0 Å². The van der Waals surface area contributed by atoms with Crippen molar-refractivity contribution in [2.75, 3.05) is 0 Å². The molecule has 0 saturated heterocycles. The van der Waals surface area contributed by atoms with Gasteiger partial charge in [0.05, 0.1) is 6.54 Å². The third-order valence-corrected chi connectivity index (χ3v) is 4.35. The van der Waals surface area contributed by atoms with E-state index < -0.39 is 0 Å². The van der Waals surface area contributed by atoms with Crippen LogP contribution in [0.1, 0.15) is 11.4 Å². The molecule has 1 aliphatic rings. The molecule has 0 aliphatic carbocycles. The first-order valence-corrected chi connectivity index (χ1v) is 6.95. The molecule has 0 amide bonds. The second-order valence-electron chi connectivity index (χ2n) is 4.21. The second-order valence-corrected chi connectivity index (χ2v) is 5.99. The summed E-state index contributed by atoms with van der Waals surface area (Å²) in [5.41, 5.74) is 6.91. The highest BCUT2D eigenvalue weighted by atomic mass is 32.2. The summed E-state index contributed by atoms with van der Waals surface area (Å²) in [5, 5.41) is 4.77. The van der Waals surface area contributed by atoms with Crippen LogP contribution in [0.25, 0.3) is 0 Å². The summed E-state index contributed by atoms with van der Waals surface area (Å²) in [6, 6.07) is 8.52. The molecule has 3 rings (SSSR count). The van der Waals surface area contributed by atoms with Crippen LogP contribution in [0.5, 0.6) is 0 Å². The first kappa shape index (κ1) is 11.7. The lowest BCUT2D eigenvalue weighted by Crippen LogP contribution is -2.15. The summed E-state index contributed by atoms with van der Waals surface area (Å²) in [6.07, 6.45) is 2.77. The van der Waals surface area contributed by atoms with Crippen molar-refractivity contribution in [3.63, 3.8) is 0 Å². The van der Waals surface area contributed by atoms with E-state index in [0.29, 0.717) is 11.1 Å². The maximum Gasteiger partial charge on any atom is 0.208 e. The smallest absolute Gasteiger partial charge is 0.208 e. The maximum atomic E-state index is 5.49. The van der Waals surface area contributed by atoms with Gasteiger partial charge in [0.2, 0.25) is 5.82 Å². The Balaban J connectivity index is 1.70. The molecule has 2 aromatic rings. The van der Waals surface area contributed by atoms with Gasteiger partial charge in [0.15, 0.2) is 0 Å². The lowest BCUT2D eigenvalue weighted by atomic mass is 10.1. The van der Waals surface area contributed by atoms with Crippen LogP contribution in [0.15, 0.2) is 35.5 Å². The zero-order valence-corrected chi connectivity index (χ0v) is 11.2. The van der Waals surface area contributed by atoms with Crippen molar-refractivity contribution in [2.45, 2.75) is 23.1 Å². The Morgan fingerprint density at radius 3 is 3.06 bits per heavy atom. The molecule has 18 heavy (non-hydrogen) atoms. The molecule has 0 spiro atoms. The predicted molar refractivity (Wildman–Crippen MR) is 75.7 cm³/mol. The van der Waals surface area contributed by atoms with Crippen molar-refractivity contribution in [1.29, 1.82) is 0 Å². The van der Waals surface area contributed by atoms with Gasteiger partial charge in [-0.2, -0.15) is 0 Å². The standard InChI is InChI=1S/C12H12N4S2/c13-11(17)12-14-7-16(15-12)6-9-5-8-3-1-2-4-10(8)18-9/h1-4,7,9H,5-6H2,(H2,13,17). The largest absolute Gasteiger partial charge is 0.387 e. The molecule has 0 radical (unpaired) electrons. The molecule has 0 saturated carbocycles.